The van der Waals surface area contributed by atoms with Crippen LogP contribution in [0.5, 0.6) is 0 Å². The highest BCUT2D eigenvalue weighted by Gasteiger charge is 2.37. The molecule has 0 aromatic carbocycles. The maximum Gasteiger partial charge on any atom is 0.419 e. The quantitative estimate of drug-likeness (QED) is 0.774. The van der Waals surface area contributed by atoms with Gasteiger partial charge < -0.3 is 5.11 Å². The van der Waals surface area contributed by atoms with Gasteiger partial charge in [-0.2, -0.15) is 18.3 Å². The number of nitrogens with zero attached hydrogens (tertiary/aromatic N) is 2. The van der Waals surface area contributed by atoms with Crippen LogP contribution >= 0.6 is 0 Å². The Labute approximate surface area is 84.8 Å². The lowest BCUT2D eigenvalue weighted by Gasteiger charge is -2.11. The molecule has 1 heterocycles. The average molecular weight is 220 g/mol. The summed E-state index contributed by atoms with van der Waals surface area (Å²) in [6.45, 7) is 1.62. The Morgan fingerprint density at radius 1 is 1.53 bits per heavy atom. The zero-order valence-corrected chi connectivity index (χ0v) is 8.28. The average Bonchev–Trinajstić information content (AvgIpc) is 2.46. The lowest BCUT2D eigenvalue weighted by molar-refractivity contribution is -0.139. The van der Waals surface area contributed by atoms with Gasteiger partial charge in [0.1, 0.15) is 6.10 Å². The first-order chi connectivity index (χ1) is 6.88. The van der Waals surface area contributed by atoms with Crippen molar-refractivity contribution in [2.45, 2.75) is 19.2 Å². The van der Waals surface area contributed by atoms with E-state index < -0.39 is 17.8 Å². The number of alkyl halides is 3. The number of aromatic nitrogens is 2. The Kier molecular flexibility index (Phi) is 3.18. The molecule has 0 amide bonds. The smallest absolute Gasteiger partial charge is 0.383 e. The van der Waals surface area contributed by atoms with Crippen LogP contribution in [0.3, 0.4) is 0 Å². The van der Waals surface area contributed by atoms with Crippen molar-refractivity contribution >= 4 is 0 Å². The van der Waals surface area contributed by atoms with Crippen molar-refractivity contribution in [3.63, 3.8) is 0 Å². The second-order valence-electron chi connectivity index (χ2n) is 3.04. The standard InChI is InChI=1S/C9H11F3N2O/c1-3-4-7(15)8-6(9(10,11)12)5-13-14(8)2/h3-5,7,15H,1-2H3/b4-3+. The summed E-state index contributed by atoms with van der Waals surface area (Å²) in [6.07, 6.45) is -2.32. The molecule has 1 unspecified atom stereocenters. The van der Waals surface area contributed by atoms with Gasteiger partial charge in [0.15, 0.2) is 0 Å². The van der Waals surface area contributed by atoms with Gasteiger partial charge in [-0.05, 0) is 6.92 Å². The van der Waals surface area contributed by atoms with Crippen LogP contribution < -0.4 is 0 Å². The van der Waals surface area contributed by atoms with Crippen molar-refractivity contribution in [2.24, 2.45) is 7.05 Å². The predicted molar refractivity (Wildman–Crippen MR) is 48.0 cm³/mol. The van der Waals surface area contributed by atoms with Gasteiger partial charge in [0.05, 0.1) is 17.5 Å². The molecule has 0 saturated carbocycles. The maximum atomic E-state index is 12.5. The molecule has 1 atom stereocenters. The van der Waals surface area contributed by atoms with Crippen molar-refractivity contribution in [2.75, 3.05) is 0 Å². The lowest BCUT2D eigenvalue weighted by Crippen LogP contribution is -2.12. The molecule has 0 bridgehead atoms. The van der Waals surface area contributed by atoms with E-state index >= 15 is 0 Å². The number of rotatable bonds is 2. The van der Waals surface area contributed by atoms with E-state index in [1.807, 2.05) is 0 Å². The molecule has 1 rings (SSSR count). The van der Waals surface area contributed by atoms with Crippen LogP contribution in [0, 0.1) is 0 Å². The largest absolute Gasteiger partial charge is 0.419 e. The third-order valence-electron chi connectivity index (χ3n) is 1.94. The molecule has 0 radical (unpaired) electrons. The van der Waals surface area contributed by atoms with Gasteiger partial charge >= 0.3 is 6.18 Å². The molecule has 0 fully saturated rings. The molecule has 0 aliphatic rings. The maximum absolute atomic E-state index is 12.5. The normalized spacial score (nSPS) is 14.8. The zero-order chi connectivity index (χ0) is 11.6. The predicted octanol–water partition coefficient (Wildman–Crippen LogP) is 2.05. The molecule has 1 aromatic heterocycles. The van der Waals surface area contributed by atoms with E-state index in [1.54, 1.807) is 6.92 Å². The second kappa shape index (κ2) is 4.06. The summed E-state index contributed by atoms with van der Waals surface area (Å²) in [5, 5.41) is 13.0. The molecule has 0 spiro atoms. The zero-order valence-electron chi connectivity index (χ0n) is 8.28. The summed E-state index contributed by atoms with van der Waals surface area (Å²) in [5.74, 6) is 0. The fourth-order valence-corrected chi connectivity index (χ4v) is 1.29. The summed E-state index contributed by atoms with van der Waals surface area (Å²) >= 11 is 0. The van der Waals surface area contributed by atoms with Crippen LogP contribution in [0.2, 0.25) is 0 Å². The van der Waals surface area contributed by atoms with Gasteiger partial charge in [0.2, 0.25) is 0 Å². The van der Waals surface area contributed by atoms with Crippen LogP contribution in [-0.4, -0.2) is 14.9 Å². The molecular weight excluding hydrogens is 209 g/mol. The summed E-state index contributed by atoms with van der Waals surface area (Å²) < 4.78 is 38.4. The highest BCUT2D eigenvalue weighted by Crippen LogP contribution is 2.34. The van der Waals surface area contributed by atoms with Crippen LogP contribution in [0.4, 0.5) is 13.2 Å². The fraction of sp³-hybridized carbons (Fsp3) is 0.444. The van der Waals surface area contributed by atoms with Crippen molar-refractivity contribution < 1.29 is 18.3 Å². The Hall–Kier alpha value is -1.30. The molecule has 1 N–H and O–H groups in total. The molecule has 6 heteroatoms. The molecule has 0 aliphatic carbocycles. The lowest BCUT2D eigenvalue weighted by atomic mass is 10.1. The molecule has 1 aromatic rings. The number of aliphatic hydroxyl groups is 1. The van der Waals surface area contributed by atoms with Gasteiger partial charge in [-0.25, -0.2) is 0 Å². The van der Waals surface area contributed by atoms with Crippen LogP contribution in [-0.2, 0) is 13.2 Å². The molecular formula is C9H11F3N2O. The topological polar surface area (TPSA) is 38.1 Å². The highest BCUT2D eigenvalue weighted by atomic mass is 19.4. The number of hydrogen-bond donors (Lipinski definition) is 1. The van der Waals surface area contributed by atoms with Gasteiger partial charge in [-0.1, -0.05) is 12.2 Å². The number of hydrogen-bond acceptors (Lipinski definition) is 2. The summed E-state index contributed by atoms with van der Waals surface area (Å²) in [5.41, 5.74) is -1.16. The number of aliphatic hydroxyl groups excluding tert-OH is 1. The molecule has 3 nitrogen and oxygen atoms in total. The first-order valence-electron chi connectivity index (χ1n) is 4.28. The molecule has 0 saturated heterocycles. The second-order valence-corrected chi connectivity index (χ2v) is 3.04. The minimum absolute atomic E-state index is 0.249. The first-order valence-corrected chi connectivity index (χ1v) is 4.28. The number of aryl methyl sites for hydroxylation is 1. The van der Waals surface area contributed by atoms with Crippen molar-refractivity contribution in [3.8, 4) is 0 Å². The molecule has 0 aliphatic heterocycles. The van der Waals surface area contributed by atoms with E-state index in [1.165, 1.54) is 19.2 Å². The van der Waals surface area contributed by atoms with Crippen molar-refractivity contribution in [1.29, 1.82) is 0 Å². The van der Waals surface area contributed by atoms with Gasteiger partial charge in [0.25, 0.3) is 0 Å². The van der Waals surface area contributed by atoms with E-state index in [0.717, 1.165) is 4.68 Å². The summed E-state index contributed by atoms with van der Waals surface area (Å²) in [7, 11) is 1.36. The SMILES string of the molecule is C/C=C/C(O)c1c(C(F)(F)F)cnn1C. The first kappa shape index (κ1) is 11.8. The summed E-state index contributed by atoms with van der Waals surface area (Å²) in [6, 6.07) is 0. The van der Waals surface area contributed by atoms with Gasteiger partial charge in [-0.3, -0.25) is 4.68 Å². The van der Waals surface area contributed by atoms with Gasteiger partial charge in [0, 0.05) is 7.05 Å². The Balaban J connectivity index is 3.21. The molecule has 84 valence electrons. The number of allylic oxidation sites excluding steroid dienone is 1. The van der Waals surface area contributed by atoms with E-state index in [2.05, 4.69) is 5.10 Å². The minimum atomic E-state index is -4.49. The minimum Gasteiger partial charge on any atom is -0.383 e. The van der Waals surface area contributed by atoms with Crippen LogP contribution in [0.15, 0.2) is 18.3 Å². The monoisotopic (exact) mass is 220 g/mol. The Bertz CT molecular complexity index is 368. The Morgan fingerprint density at radius 3 is 2.60 bits per heavy atom. The van der Waals surface area contributed by atoms with Gasteiger partial charge in [-0.15, -0.1) is 0 Å². The fourth-order valence-electron chi connectivity index (χ4n) is 1.29. The van der Waals surface area contributed by atoms with Crippen LogP contribution in [0.25, 0.3) is 0 Å². The van der Waals surface area contributed by atoms with E-state index in [4.69, 9.17) is 0 Å². The van der Waals surface area contributed by atoms with E-state index in [0.29, 0.717) is 6.20 Å². The van der Waals surface area contributed by atoms with E-state index in [9.17, 15) is 18.3 Å². The Morgan fingerprint density at radius 2 is 2.13 bits per heavy atom. The van der Waals surface area contributed by atoms with E-state index in [-0.39, 0.29) is 5.69 Å². The van der Waals surface area contributed by atoms with Crippen LogP contribution in [0.1, 0.15) is 24.3 Å². The van der Waals surface area contributed by atoms with Crippen molar-refractivity contribution in [1.82, 2.24) is 9.78 Å². The molecule has 15 heavy (non-hydrogen) atoms. The third-order valence-corrected chi connectivity index (χ3v) is 1.94. The van der Waals surface area contributed by atoms with Crippen molar-refractivity contribution in [3.05, 3.63) is 29.6 Å². The highest BCUT2D eigenvalue weighted by molar-refractivity contribution is 5.25. The summed E-state index contributed by atoms with van der Waals surface area (Å²) in [4.78, 5) is 0. The number of halogens is 3. The third kappa shape index (κ3) is 2.38.